The zero-order valence-electron chi connectivity index (χ0n) is 20.1. The van der Waals surface area contributed by atoms with Crippen LogP contribution in [0.3, 0.4) is 0 Å². The minimum absolute atomic E-state index is 0.375. The summed E-state index contributed by atoms with van der Waals surface area (Å²) in [4.78, 5) is 17.0. The third kappa shape index (κ3) is 6.54. The van der Waals surface area contributed by atoms with E-state index in [1.54, 1.807) is 0 Å². The van der Waals surface area contributed by atoms with Crippen LogP contribution in [0.15, 0.2) is 65.8 Å². The van der Waals surface area contributed by atoms with E-state index in [-0.39, 0.29) is 0 Å². The predicted molar refractivity (Wildman–Crippen MR) is 146 cm³/mol. The van der Waals surface area contributed by atoms with Crippen LogP contribution in [-0.4, -0.2) is 39.2 Å². The van der Waals surface area contributed by atoms with Crippen molar-refractivity contribution in [3.05, 3.63) is 77.7 Å². The third-order valence-electron chi connectivity index (χ3n) is 5.21. The summed E-state index contributed by atoms with van der Waals surface area (Å²) in [5.74, 6) is 1.64. The molecule has 0 saturated carbocycles. The van der Waals surface area contributed by atoms with Gasteiger partial charge in [0.25, 0.3) is 0 Å². The Balaban J connectivity index is 1.50. The van der Waals surface area contributed by atoms with Gasteiger partial charge < -0.3 is 20.4 Å². The van der Waals surface area contributed by atoms with Crippen molar-refractivity contribution in [3.8, 4) is 5.75 Å². The van der Waals surface area contributed by atoms with Gasteiger partial charge in [-0.05, 0) is 69.2 Å². The maximum absolute atomic E-state index is 5.69. The molecule has 4 aromatic rings. The first-order valence-electron chi connectivity index (χ1n) is 11.5. The molecule has 0 unspecified atom stereocenters. The summed E-state index contributed by atoms with van der Waals surface area (Å²) in [6.07, 6.45) is 2.79. The van der Waals surface area contributed by atoms with Crippen LogP contribution in [0.2, 0.25) is 0 Å². The highest BCUT2D eigenvalue weighted by Gasteiger charge is 2.10. The highest BCUT2D eigenvalue weighted by Crippen LogP contribution is 2.23. The number of aromatic nitrogens is 3. The lowest BCUT2D eigenvalue weighted by Gasteiger charge is -2.16. The van der Waals surface area contributed by atoms with Gasteiger partial charge in [-0.2, -0.15) is 0 Å². The molecule has 180 valence electrons. The van der Waals surface area contributed by atoms with Crippen molar-refractivity contribution in [1.82, 2.24) is 20.3 Å². The standard InChI is InChI=1S/C26H29N7OS/c1-4-34-23-12-8-7-11-22(23)31-26(35)33-24(32-25-29-17(2)15-18(3)30-25)27-14-13-19-16-28-21-10-6-5-9-20(19)21/h5-12,15-16,28H,4,13-14H2,1-3H3,(H3,27,29,30,31,32,33,35). The summed E-state index contributed by atoms with van der Waals surface area (Å²) < 4.78 is 5.69. The summed E-state index contributed by atoms with van der Waals surface area (Å²) in [6.45, 7) is 6.90. The average molecular weight is 488 g/mol. The molecule has 35 heavy (non-hydrogen) atoms. The smallest absolute Gasteiger partial charge is 0.229 e. The molecule has 4 N–H and O–H groups in total. The summed E-state index contributed by atoms with van der Waals surface area (Å²) >= 11 is 5.57. The number of rotatable bonds is 7. The number of hydrogen-bond acceptors (Lipinski definition) is 5. The average Bonchev–Trinajstić information content (AvgIpc) is 3.23. The topological polar surface area (TPSA) is 99.2 Å². The van der Waals surface area contributed by atoms with E-state index in [2.05, 4.69) is 43.0 Å². The molecule has 0 saturated heterocycles. The molecule has 2 aromatic carbocycles. The van der Waals surface area contributed by atoms with Crippen molar-refractivity contribution in [2.75, 3.05) is 23.8 Å². The number of fused-ring (bicyclic) bond motifs is 1. The van der Waals surface area contributed by atoms with E-state index in [1.165, 1.54) is 10.9 Å². The number of aliphatic imine (C=N–C) groups is 1. The number of hydrogen-bond donors (Lipinski definition) is 4. The summed E-state index contributed by atoms with van der Waals surface area (Å²) in [7, 11) is 0. The quantitative estimate of drug-likeness (QED) is 0.166. The second-order valence-electron chi connectivity index (χ2n) is 7.95. The zero-order chi connectivity index (χ0) is 24.6. The van der Waals surface area contributed by atoms with Gasteiger partial charge in [0.2, 0.25) is 11.9 Å². The Morgan fingerprint density at radius 2 is 1.77 bits per heavy atom. The fraction of sp³-hybridized carbons (Fsp3) is 0.231. The first-order valence-corrected chi connectivity index (χ1v) is 11.9. The molecule has 2 heterocycles. The predicted octanol–water partition coefficient (Wildman–Crippen LogP) is 4.97. The molecular formula is C26H29N7OS. The summed E-state index contributed by atoms with van der Waals surface area (Å²) in [5, 5.41) is 11.1. The number of ether oxygens (including phenoxy) is 1. The number of guanidine groups is 1. The van der Waals surface area contributed by atoms with E-state index in [0.717, 1.165) is 34.8 Å². The van der Waals surface area contributed by atoms with E-state index in [4.69, 9.17) is 21.9 Å². The lowest BCUT2D eigenvalue weighted by atomic mass is 10.1. The van der Waals surface area contributed by atoms with E-state index >= 15 is 0 Å². The molecule has 0 aliphatic carbocycles. The van der Waals surface area contributed by atoms with E-state index < -0.39 is 0 Å². The van der Waals surface area contributed by atoms with Gasteiger partial charge in [0.1, 0.15) is 5.75 Å². The van der Waals surface area contributed by atoms with Crippen LogP contribution >= 0.6 is 12.2 Å². The molecular weight excluding hydrogens is 458 g/mol. The molecule has 0 aliphatic rings. The van der Waals surface area contributed by atoms with E-state index in [0.29, 0.717) is 30.2 Å². The molecule has 0 amide bonds. The number of benzene rings is 2. The van der Waals surface area contributed by atoms with Crippen LogP contribution in [0, 0.1) is 13.8 Å². The Labute approximate surface area is 210 Å². The normalized spacial score (nSPS) is 11.3. The van der Waals surface area contributed by atoms with Gasteiger partial charge in [-0.25, -0.2) is 9.97 Å². The number of aryl methyl sites for hydroxylation is 2. The molecule has 0 atom stereocenters. The monoisotopic (exact) mass is 487 g/mol. The highest BCUT2D eigenvalue weighted by atomic mass is 32.1. The lowest BCUT2D eigenvalue weighted by molar-refractivity contribution is 0.342. The fourth-order valence-corrected chi connectivity index (χ4v) is 3.94. The molecule has 0 radical (unpaired) electrons. The number of aromatic amines is 1. The molecule has 0 aliphatic heterocycles. The number of nitrogens with one attached hydrogen (secondary N) is 4. The first kappa shape index (κ1) is 24.2. The van der Waals surface area contributed by atoms with Crippen LogP contribution in [0.5, 0.6) is 5.75 Å². The van der Waals surface area contributed by atoms with E-state index in [9.17, 15) is 0 Å². The van der Waals surface area contributed by atoms with Gasteiger partial charge in [0.15, 0.2) is 5.11 Å². The maximum Gasteiger partial charge on any atom is 0.229 e. The molecule has 2 aromatic heterocycles. The van der Waals surface area contributed by atoms with Crippen LogP contribution in [0.1, 0.15) is 23.9 Å². The SMILES string of the molecule is CCOc1ccccc1NC(=S)NC(=NCCc1c[nH]c2ccccc12)Nc1nc(C)cc(C)n1. The Morgan fingerprint density at radius 3 is 2.57 bits per heavy atom. The van der Waals surface area contributed by atoms with Gasteiger partial charge in [-0.15, -0.1) is 0 Å². The summed E-state index contributed by atoms with van der Waals surface area (Å²) in [6, 6.07) is 17.8. The lowest BCUT2D eigenvalue weighted by Crippen LogP contribution is -2.39. The number of H-pyrrole nitrogens is 1. The van der Waals surface area contributed by atoms with Crippen LogP contribution in [-0.2, 0) is 6.42 Å². The minimum Gasteiger partial charge on any atom is -0.492 e. The van der Waals surface area contributed by atoms with Crippen LogP contribution in [0.25, 0.3) is 10.9 Å². The van der Waals surface area contributed by atoms with Crippen molar-refractivity contribution in [3.63, 3.8) is 0 Å². The number of thiocarbonyl (C=S) groups is 1. The second-order valence-corrected chi connectivity index (χ2v) is 8.36. The zero-order valence-corrected chi connectivity index (χ0v) is 20.9. The molecule has 4 rings (SSSR count). The van der Waals surface area contributed by atoms with Gasteiger partial charge in [0, 0.05) is 35.0 Å². The van der Waals surface area contributed by atoms with Gasteiger partial charge in [-0.1, -0.05) is 30.3 Å². The number of nitrogens with zero attached hydrogens (tertiary/aromatic N) is 3. The molecule has 9 heteroatoms. The molecule has 0 spiro atoms. The third-order valence-corrected chi connectivity index (χ3v) is 5.41. The van der Waals surface area contributed by atoms with Crippen molar-refractivity contribution in [2.45, 2.75) is 27.2 Å². The van der Waals surface area contributed by atoms with Gasteiger partial charge >= 0.3 is 0 Å². The van der Waals surface area contributed by atoms with Crippen molar-refractivity contribution in [1.29, 1.82) is 0 Å². The van der Waals surface area contributed by atoms with Crippen molar-refractivity contribution >= 4 is 45.8 Å². The second kappa shape index (κ2) is 11.4. The highest BCUT2D eigenvalue weighted by molar-refractivity contribution is 7.80. The van der Waals surface area contributed by atoms with Crippen LogP contribution in [0.4, 0.5) is 11.6 Å². The minimum atomic E-state index is 0.375. The molecule has 8 nitrogen and oxygen atoms in total. The number of anilines is 2. The maximum atomic E-state index is 5.69. The molecule has 0 bridgehead atoms. The Morgan fingerprint density at radius 1 is 1.03 bits per heavy atom. The number of para-hydroxylation sites is 3. The first-order chi connectivity index (χ1) is 17.0. The van der Waals surface area contributed by atoms with Gasteiger partial charge in [-0.3, -0.25) is 10.3 Å². The van der Waals surface area contributed by atoms with E-state index in [1.807, 2.05) is 69.4 Å². The van der Waals surface area contributed by atoms with Crippen molar-refractivity contribution in [2.24, 2.45) is 4.99 Å². The Bertz CT molecular complexity index is 1330. The Kier molecular flexibility index (Phi) is 7.89. The van der Waals surface area contributed by atoms with Crippen molar-refractivity contribution < 1.29 is 4.74 Å². The summed E-state index contributed by atoms with van der Waals surface area (Å²) in [5.41, 5.74) is 4.82. The molecule has 0 fully saturated rings. The van der Waals surface area contributed by atoms with Crippen LogP contribution < -0.4 is 20.7 Å². The Hall–Kier alpha value is -3.98. The van der Waals surface area contributed by atoms with Gasteiger partial charge in [0.05, 0.1) is 12.3 Å². The largest absolute Gasteiger partial charge is 0.492 e. The fourth-order valence-electron chi connectivity index (χ4n) is 3.74.